The molecule has 1 amide bonds. The summed E-state index contributed by atoms with van der Waals surface area (Å²) in [7, 11) is 1.60. The number of hydrogen-bond donors (Lipinski definition) is 1. The van der Waals surface area contributed by atoms with Gasteiger partial charge in [-0.2, -0.15) is 5.10 Å². The average molecular weight is 335 g/mol. The van der Waals surface area contributed by atoms with Crippen LogP contribution in [0.2, 0.25) is 0 Å². The Morgan fingerprint density at radius 2 is 1.92 bits per heavy atom. The molecular weight excluding hydrogens is 314 g/mol. The van der Waals surface area contributed by atoms with Crippen LogP contribution in [0.25, 0.3) is 0 Å². The molecule has 0 radical (unpaired) electrons. The Kier molecular flexibility index (Phi) is 4.84. The van der Waals surface area contributed by atoms with Gasteiger partial charge in [-0.05, 0) is 49.7 Å². The summed E-state index contributed by atoms with van der Waals surface area (Å²) >= 11 is 0. The molecule has 0 aliphatic rings. The molecule has 1 heterocycles. The van der Waals surface area contributed by atoms with Gasteiger partial charge in [-0.1, -0.05) is 18.2 Å². The van der Waals surface area contributed by atoms with Crippen molar-refractivity contribution >= 4 is 11.6 Å². The van der Waals surface area contributed by atoms with Crippen molar-refractivity contribution in [2.75, 3.05) is 12.4 Å². The highest BCUT2D eigenvalue weighted by Crippen LogP contribution is 2.18. The molecule has 25 heavy (non-hydrogen) atoms. The second kappa shape index (κ2) is 7.21. The van der Waals surface area contributed by atoms with Crippen LogP contribution in [0.1, 0.15) is 27.3 Å². The van der Waals surface area contributed by atoms with Crippen LogP contribution in [0.15, 0.2) is 54.6 Å². The fourth-order valence-electron chi connectivity index (χ4n) is 2.72. The van der Waals surface area contributed by atoms with E-state index in [1.165, 1.54) is 0 Å². The molecule has 3 aromatic rings. The molecule has 0 aliphatic heterocycles. The summed E-state index contributed by atoms with van der Waals surface area (Å²) in [6.45, 7) is 4.64. The first-order chi connectivity index (χ1) is 12.0. The van der Waals surface area contributed by atoms with Crippen LogP contribution in [0.3, 0.4) is 0 Å². The molecule has 0 saturated carbocycles. The Bertz CT molecular complexity index is 899. The molecule has 0 unspecified atom stereocenters. The highest BCUT2D eigenvalue weighted by molar-refractivity contribution is 6.04. The molecule has 1 aromatic heterocycles. The Morgan fingerprint density at radius 3 is 2.64 bits per heavy atom. The summed E-state index contributed by atoms with van der Waals surface area (Å²) in [6, 6.07) is 16.9. The van der Waals surface area contributed by atoms with Crippen molar-refractivity contribution in [3.8, 4) is 5.75 Å². The van der Waals surface area contributed by atoms with Crippen molar-refractivity contribution in [3.05, 3.63) is 77.1 Å². The summed E-state index contributed by atoms with van der Waals surface area (Å²) in [5.74, 6) is 0.555. The standard InChI is InChI=1S/C20H21N3O2/c1-14-10-15(2)23(22-14)13-16-6-4-7-17(11-16)20(24)21-18-8-5-9-19(12-18)25-3/h4-12H,13H2,1-3H3,(H,21,24). The number of nitrogens with one attached hydrogen (secondary N) is 1. The summed E-state index contributed by atoms with van der Waals surface area (Å²) in [5, 5.41) is 7.37. The quantitative estimate of drug-likeness (QED) is 0.771. The highest BCUT2D eigenvalue weighted by Gasteiger charge is 2.09. The van der Waals surface area contributed by atoms with Gasteiger partial charge in [0.05, 0.1) is 19.3 Å². The van der Waals surface area contributed by atoms with E-state index in [1.54, 1.807) is 19.2 Å². The highest BCUT2D eigenvalue weighted by atomic mass is 16.5. The van der Waals surface area contributed by atoms with Gasteiger partial charge in [-0.25, -0.2) is 0 Å². The molecule has 5 heteroatoms. The van der Waals surface area contributed by atoms with Crippen molar-refractivity contribution in [1.82, 2.24) is 9.78 Å². The number of benzene rings is 2. The van der Waals surface area contributed by atoms with Crippen LogP contribution in [-0.4, -0.2) is 22.8 Å². The Labute approximate surface area is 147 Å². The van der Waals surface area contributed by atoms with Gasteiger partial charge in [-0.15, -0.1) is 0 Å². The zero-order valence-electron chi connectivity index (χ0n) is 14.6. The first-order valence-electron chi connectivity index (χ1n) is 8.10. The van der Waals surface area contributed by atoms with Crippen LogP contribution in [0, 0.1) is 13.8 Å². The van der Waals surface area contributed by atoms with Gasteiger partial charge >= 0.3 is 0 Å². The van der Waals surface area contributed by atoms with Gasteiger partial charge in [0.1, 0.15) is 5.75 Å². The molecule has 0 aliphatic carbocycles. The normalized spacial score (nSPS) is 10.5. The Morgan fingerprint density at radius 1 is 1.12 bits per heavy atom. The van der Waals surface area contributed by atoms with Crippen LogP contribution in [0.4, 0.5) is 5.69 Å². The largest absolute Gasteiger partial charge is 0.497 e. The van der Waals surface area contributed by atoms with Gasteiger partial charge in [-0.3, -0.25) is 9.48 Å². The molecule has 128 valence electrons. The molecule has 1 N–H and O–H groups in total. The van der Waals surface area contributed by atoms with E-state index in [0.29, 0.717) is 23.5 Å². The minimum atomic E-state index is -0.150. The molecule has 2 aromatic carbocycles. The van der Waals surface area contributed by atoms with Crippen molar-refractivity contribution < 1.29 is 9.53 Å². The summed E-state index contributed by atoms with van der Waals surface area (Å²) in [5.41, 5.74) is 4.44. The SMILES string of the molecule is COc1cccc(NC(=O)c2cccc(Cn3nc(C)cc3C)c2)c1. The molecule has 0 spiro atoms. The number of methoxy groups -OCH3 is 1. The summed E-state index contributed by atoms with van der Waals surface area (Å²) in [4.78, 5) is 12.5. The third-order valence-electron chi connectivity index (χ3n) is 3.95. The Balaban J connectivity index is 1.76. The smallest absolute Gasteiger partial charge is 0.255 e. The van der Waals surface area contributed by atoms with Gasteiger partial charge in [0.2, 0.25) is 0 Å². The van der Waals surface area contributed by atoms with E-state index in [0.717, 1.165) is 17.0 Å². The lowest BCUT2D eigenvalue weighted by molar-refractivity contribution is 0.102. The molecule has 0 bridgehead atoms. The number of ether oxygens (including phenoxy) is 1. The Hall–Kier alpha value is -3.08. The first kappa shape index (κ1) is 16.8. The maximum Gasteiger partial charge on any atom is 0.255 e. The van der Waals surface area contributed by atoms with E-state index in [9.17, 15) is 4.79 Å². The molecule has 0 fully saturated rings. The second-order valence-corrected chi connectivity index (χ2v) is 5.97. The van der Waals surface area contributed by atoms with E-state index in [-0.39, 0.29) is 5.91 Å². The maximum atomic E-state index is 12.5. The van der Waals surface area contributed by atoms with Gasteiger partial charge in [0, 0.05) is 23.0 Å². The number of amides is 1. The van der Waals surface area contributed by atoms with E-state index in [1.807, 2.05) is 61.0 Å². The minimum absolute atomic E-state index is 0.150. The lowest BCUT2D eigenvalue weighted by Crippen LogP contribution is -2.13. The van der Waals surface area contributed by atoms with Crippen LogP contribution >= 0.6 is 0 Å². The molecule has 0 atom stereocenters. The fourth-order valence-corrected chi connectivity index (χ4v) is 2.72. The molecule has 3 rings (SSSR count). The predicted octanol–water partition coefficient (Wildman–Crippen LogP) is 3.81. The van der Waals surface area contributed by atoms with Gasteiger partial charge in [0.15, 0.2) is 0 Å². The molecular formula is C20H21N3O2. The number of carbonyl (C=O) groups is 1. The van der Waals surface area contributed by atoms with Crippen molar-refractivity contribution in [2.24, 2.45) is 0 Å². The van der Waals surface area contributed by atoms with Crippen LogP contribution in [-0.2, 0) is 6.54 Å². The third kappa shape index (κ3) is 4.07. The number of aromatic nitrogens is 2. The lowest BCUT2D eigenvalue weighted by Gasteiger charge is -2.09. The van der Waals surface area contributed by atoms with E-state index in [4.69, 9.17) is 4.74 Å². The van der Waals surface area contributed by atoms with Crippen LogP contribution in [0.5, 0.6) is 5.75 Å². The second-order valence-electron chi connectivity index (χ2n) is 5.97. The van der Waals surface area contributed by atoms with Crippen molar-refractivity contribution in [3.63, 3.8) is 0 Å². The minimum Gasteiger partial charge on any atom is -0.497 e. The summed E-state index contributed by atoms with van der Waals surface area (Å²) < 4.78 is 7.12. The number of carbonyl (C=O) groups excluding carboxylic acids is 1. The lowest BCUT2D eigenvalue weighted by atomic mass is 10.1. The zero-order valence-corrected chi connectivity index (χ0v) is 14.6. The fraction of sp³-hybridized carbons (Fsp3) is 0.200. The predicted molar refractivity (Wildman–Crippen MR) is 98.2 cm³/mol. The third-order valence-corrected chi connectivity index (χ3v) is 3.95. The van der Waals surface area contributed by atoms with Crippen molar-refractivity contribution in [2.45, 2.75) is 20.4 Å². The van der Waals surface area contributed by atoms with Crippen LogP contribution < -0.4 is 10.1 Å². The zero-order chi connectivity index (χ0) is 17.8. The van der Waals surface area contributed by atoms with Crippen molar-refractivity contribution in [1.29, 1.82) is 0 Å². The number of nitrogens with zero attached hydrogens (tertiary/aromatic N) is 2. The van der Waals surface area contributed by atoms with Gasteiger partial charge in [0.25, 0.3) is 5.91 Å². The molecule has 5 nitrogen and oxygen atoms in total. The van der Waals surface area contributed by atoms with E-state index in [2.05, 4.69) is 10.4 Å². The topological polar surface area (TPSA) is 56.1 Å². The number of anilines is 1. The average Bonchev–Trinajstić information content (AvgIpc) is 2.92. The maximum absolute atomic E-state index is 12.5. The first-order valence-corrected chi connectivity index (χ1v) is 8.10. The van der Waals surface area contributed by atoms with E-state index >= 15 is 0 Å². The summed E-state index contributed by atoms with van der Waals surface area (Å²) in [6.07, 6.45) is 0. The number of hydrogen-bond acceptors (Lipinski definition) is 3. The molecule has 0 saturated heterocycles. The monoisotopic (exact) mass is 335 g/mol. The van der Waals surface area contributed by atoms with E-state index < -0.39 is 0 Å². The number of rotatable bonds is 5. The van der Waals surface area contributed by atoms with Gasteiger partial charge < -0.3 is 10.1 Å². The number of aryl methyl sites for hydroxylation is 2.